The molecular formula is C10H24ClNO2. The number of ether oxygens (including phenoxy) is 2. The van der Waals surface area contributed by atoms with Crippen molar-refractivity contribution in [3.05, 3.63) is 0 Å². The molecule has 0 aliphatic carbocycles. The van der Waals surface area contributed by atoms with Crippen molar-refractivity contribution >= 4 is 0 Å². The number of nitrogens with zero attached hydrogens (tertiary/aromatic N) is 1. The molecule has 88 valence electrons. The van der Waals surface area contributed by atoms with Gasteiger partial charge in [-0.15, -0.1) is 0 Å². The third-order valence-electron chi connectivity index (χ3n) is 1.66. The molecule has 0 aliphatic rings. The molecule has 0 N–H and O–H groups in total. The lowest BCUT2D eigenvalue weighted by molar-refractivity contribution is -0.873. The van der Waals surface area contributed by atoms with E-state index in [0.29, 0.717) is 6.61 Å². The molecule has 14 heavy (non-hydrogen) atoms. The summed E-state index contributed by atoms with van der Waals surface area (Å²) < 4.78 is 11.7. The lowest BCUT2D eigenvalue weighted by Crippen LogP contribution is -3.00. The summed E-state index contributed by atoms with van der Waals surface area (Å²) in [5.41, 5.74) is 0. The molecule has 0 saturated heterocycles. The van der Waals surface area contributed by atoms with Crippen LogP contribution in [0.15, 0.2) is 0 Å². The van der Waals surface area contributed by atoms with Crippen molar-refractivity contribution in [1.82, 2.24) is 0 Å². The summed E-state index contributed by atoms with van der Waals surface area (Å²) in [6.45, 7) is 4.63. The van der Waals surface area contributed by atoms with Crippen molar-refractivity contribution in [3.8, 4) is 0 Å². The summed E-state index contributed by atoms with van der Waals surface area (Å²) in [7, 11) is 8.21. The summed E-state index contributed by atoms with van der Waals surface area (Å²) >= 11 is 0. The molecule has 0 bridgehead atoms. The Bertz CT molecular complexity index is 126. The van der Waals surface area contributed by atoms with Crippen LogP contribution in [0.25, 0.3) is 0 Å². The van der Waals surface area contributed by atoms with Gasteiger partial charge >= 0.3 is 0 Å². The summed E-state index contributed by atoms with van der Waals surface area (Å²) in [5, 5.41) is 0. The van der Waals surface area contributed by atoms with Gasteiger partial charge in [0.25, 0.3) is 0 Å². The summed E-state index contributed by atoms with van der Waals surface area (Å²) in [6, 6.07) is 0. The summed E-state index contributed by atoms with van der Waals surface area (Å²) in [4.78, 5) is 0. The fourth-order valence-electron chi connectivity index (χ4n) is 1.23. The molecule has 1 atom stereocenters. The van der Waals surface area contributed by atoms with Crippen molar-refractivity contribution in [2.24, 2.45) is 0 Å². The maximum Gasteiger partial charge on any atom is 0.129 e. The first-order valence-corrected chi connectivity index (χ1v) is 4.90. The van der Waals surface area contributed by atoms with Crippen LogP contribution in [0.4, 0.5) is 0 Å². The van der Waals surface area contributed by atoms with E-state index in [0.717, 1.165) is 24.1 Å². The molecular weight excluding hydrogens is 202 g/mol. The smallest absolute Gasteiger partial charge is 0.129 e. The molecule has 0 aliphatic heterocycles. The number of hydrogen-bond donors (Lipinski definition) is 0. The van der Waals surface area contributed by atoms with E-state index in [-0.39, 0.29) is 18.5 Å². The largest absolute Gasteiger partial charge is 1.00 e. The van der Waals surface area contributed by atoms with Gasteiger partial charge in [-0.05, 0) is 6.42 Å². The van der Waals surface area contributed by atoms with E-state index < -0.39 is 0 Å². The second-order valence-corrected chi connectivity index (χ2v) is 4.42. The Kier molecular flexibility index (Phi) is 10.0. The highest BCUT2D eigenvalue weighted by atomic mass is 35.5. The lowest BCUT2D eigenvalue weighted by atomic mass is 10.3. The van der Waals surface area contributed by atoms with Crippen LogP contribution in [0.5, 0.6) is 0 Å². The standard InChI is InChI=1S/C10H24NO2.ClH/c1-6-7-13-10(9-12-5)8-11(2,3)4;/h10H,6-9H2,1-5H3;1H/q+1;/p-1. The Hall–Kier alpha value is 0.170. The summed E-state index contributed by atoms with van der Waals surface area (Å²) in [6.07, 6.45) is 1.29. The first-order chi connectivity index (χ1) is 5.99. The monoisotopic (exact) mass is 225 g/mol. The van der Waals surface area contributed by atoms with Crippen LogP contribution in [0, 0.1) is 0 Å². The van der Waals surface area contributed by atoms with E-state index in [9.17, 15) is 0 Å². The highest BCUT2D eigenvalue weighted by Gasteiger charge is 2.17. The molecule has 0 aromatic carbocycles. The van der Waals surface area contributed by atoms with Crippen LogP contribution in [-0.2, 0) is 9.47 Å². The number of likely N-dealkylation sites (N-methyl/N-ethyl adjacent to an activating group) is 1. The molecule has 1 unspecified atom stereocenters. The first-order valence-electron chi connectivity index (χ1n) is 4.90. The molecule has 0 fully saturated rings. The van der Waals surface area contributed by atoms with Gasteiger partial charge < -0.3 is 26.4 Å². The number of halogens is 1. The van der Waals surface area contributed by atoms with Crippen molar-refractivity contribution in [2.75, 3.05) is 48.0 Å². The van der Waals surface area contributed by atoms with Gasteiger partial charge in [0.2, 0.25) is 0 Å². The van der Waals surface area contributed by atoms with E-state index in [4.69, 9.17) is 9.47 Å². The number of quaternary nitrogens is 1. The van der Waals surface area contributed by atoms with Gasteiger partial charge in [0.05, 0.1) is 27.7 Å². The van der Waals surface area contributed by atoms with E-state index in [1.165, 1.54) is 0 Å². The normalized spacial score (nSPS) is 13.5. The van der Waals surface area contributed by atoms with Crippen molar-refractivity contribution in [2.45, 2.75) is 19.4 Å². The van der Waals surface area contributed by atoms with Gasteiger partial charge in [0.1, 0.15) is 12.6 Å². The van der Waals surface area contributed by atoms with Gasteiger partial charge in [-0.25, -0.2) is 0 Å². The molecule has 0 rings (SSSR count). The Morgan fingerprint density at radius 1 is 1.21 bits per heavy atom. The van der Waals surface area contributed by atoms with Crippen LogP contribution >= 0.6 is 0 Å². The highest BCUT2D eigenvalue weighted by Crippen LogP contribution is 2.01. The van der Waals surface area contributed by atoms with Crippen molar-refractivity contribution in [3.63, 3.8) is 0 Å². The molecule has 0 amide bonds. The van der Waals surface area contributed by atoms with E-state index >= 15 is 0 Å². The maximum absolute atomic E-state index is 5.67. The Morgan fingerprint density at radius 3 is 2.14 bits per heavy atom. The first kappa shape index (κ1) is 16.6. The maximum atomic E-state index is 5.67. The van der Waals surface area contributed by atoms with Gasteiger partial charge in [-0.3, -0.25) is 0 Å². The highest BCUT2D eigenvalue weighted by molar-refractivity contribution is 4.54. The van der Waals surface area contributed by atoms with Gasteiger partial charge in [-0.2, -0.15) is 0 Å². The zero-order valence-corrected chi connectivity index (χ0v) is 10.8. The third kappa shape index (κ3) is 10.3. The van der Waals surface area contributed by atoms with Crippen molar-refractivity contribution in [1.29, 1.82) is 0 Å². The molecule has 3 nitrogen and oxygen atoms in total. The van der Waals surface area contributed by atoms with Crippen molar-refractivity contribution < 1.29 is 26.4 Å². The van der Waals surface area contributed by atoms with E-state index in [1.807, 2.05) is 0 Å². The molecule has 0 spiro atoms. The average Bonchev–Trinajstić information content (AvgIpc) is 1.98. The van der Waals surface area contributed by atoms with Crippen LogP contribution in [0.2, 0.25) is 0 Å². The molecule has 4 heteroatoms. The summed E-state index contributed by atoms with van der Waals surface area (Å²) in [5.74, 6) is 0. The topological polar surface area (TPSA) is 18.5 Å². The van der Waals surface area contributed by atoms with E-state index in [1.54, 1.807) is 7.11 Å². The fraction of sp³-hybridized carbons (Fsp3) is 1.00. The van der Waals surface area contributed by atoms with Crippen LogP contribution in [0.1, 0.15) is 13.3 Å². The van der Waals surface area contributed by atoms with E-state index in [2.05, 4.69) is 28.1 Å². The zero-order chi connectivity index (χ0) is 10.3. The van der Waals surface area contributed by atoms with Gasteiger partial charge in [-0.1, -0.05) is 6.92 Å². The zero-order valence-electron chi connectivity index (χ0n) is 10.0. The molecule has 0 aromatic heterocycles. The van der Waals surface area contributed by atoms with Gasteiger partial charge in [0.15, 0.2) is 0 Å². The van der Waals surface area contributed by atoms with Crippen LogP contribution < -0.4 is 12.4 Å². The molecule has 0 radical (unpaired) electrons. The fourth-order valence-corrected chi connectivity index (χ4v) is 1.23. The lowest BCUT2D eigenvalue weighted by Gasteiger charge is -2.28. The average molecular weight is 226 g/mol. The minimum absolute atomic E-state index is 0. The van der Waals surface area contributed by atoms with Crippen LogP contribution in [0.3, 0.4) is 0 Å². The number of methoxy groups -OCH3 is 1. The molecule has 0 heterocycles. The SMILES string of the molecule is CCCOC(COC)C[N+](C)(C)C.[Cl-]. The number of hydrogen-bond acceptors (Lipinski definition) is 2. The predicted octanol–water partition coefficient (Wildman–Crippen LogP) is -1.86. The van der Waals surface area contributed by atoms with Crippen LogP contribution in [-0.4, -0.2) is 58.6 Å². The molecule has 0 aromatic rings. The minimum atomic E-state index is 0. The predicted molar refractivity (Wildman–Crippen MR) is 54.8 cm³/mol. The second kappa shape index (κ2) is 8.48. The third-order valence-corrected chi connectivity index (χ3v) is 1.66. The number of rotatable bonds is 7. The van der Waals surface area contributed by atoms with Gasteiger partial charge in [0, 0.05) is 13.7 Å². The minimum Gasteiger partial charge on any atom is -1.00 e. The second-order valence-electron chi connectivity index (χ2n) is 4.42. The Morgan fingerprint density at radius 2 is 1.79 bits per heavy atom. The molecule has 0 saturated carbocycles. The Labute approximate surface area is 94.4 Å². The quantitative estimate of drug-likeness (QED) is 0.474. The Balaban J connectivity index is 0.